The molecule has 6 rings (SSSR count). The summed E-state index contributed by atoms with van der Waals surface area (Å²) < 4.78 is 25.5. The molecular formula is C29H38B2O4. The van der Waals surface area contributed by atoms with Crippen LogP contribution in [0.25, 0.3) is 11.1 Å². The predicted octanol–water partition coefficient (Wildman–Crippen LogP) is 5.32. The van der Waals surface area contributed by atoms with Gasteiger partial charge in [-0.1, -0.05) is 36.4 Å². The van der Waals surface area contributed by atoms with E-state index in [1.807, 2.05) is 0 Å². The Labute approximate surface area is 211 Å². The smallest absolute Gasteiger partial charge is 0.399 e. The molecule has 2 atom stereocenters. The van der Waals surface area contributed by atoms with E-state index in [2.05, 4.69) is 91.8 Å². The van der Waals surface area contributed by atoms with Crippen molar-refractivity contribution in [2.45, 2.75) is 109 Å². The minimum Gasteiger partial charge on any atom is -0.399 e. The summed E-state index contributed by atoms with van der Waals surface area (Å²) in [5.41, 5.74) is 6.61. The van der Waals surface area contributed by atoms with E-state index in [-0.39, 0.29) is 36.6 Å². The monoisotopic (exact) mass is 472 g/mol. The zero-order chi connectivity index (χ0) is 25.0. The summed E-state index contributed by atoms with van der Waals surface area (Å²) >= 11 is 0. The van der Waals surface area contributed by atoms with Crippen molar-refractivity contribution in [3.8, 4) is 11.1 Å². The highest BCUT2D eigenvalue weighted by molar-refractivity contribution is 6.63. The van der Waals surface area contributed by atoms with Gasteiger partial charge in [-0.05, 0) is 120 Å². The molecule has 3 fully saturated rings. The van der Waals surface area contributed by atoms with E-state index in [4.69, 9.17) is 18.6 Å². The molecule has 2 saturated heterocycles. The standard InChI is InChI=1S/C29H38B2O4/c1-26(2)27(3,4)33-30(32-26)21-13-11-18(12-14-21)22-15-16-23(25-20-10-9-19(17-20)24(22)25)31-34-28(5,6)29(7,8)35-31/h11-16,19-20H,9-10,17H2,1-8H3. The van der Waals surface area contributed by atoms with Crippen molar-refractivity contribution in [2.24, 2.45) is 0 Å². The first-order valence-corrected chi connectivity index (χ1v) is 13.3. The average Bonchev–Trinajstić information content (AvgIpc) is 3.49. The molecule has 184 valence electrons. The molecule has 2 aromatic carbocycles. The average molecular weight is 472 g/mol. The number of fused-ring (bicyclic) bond motifs is 5. The Kier molecular flexibility index (Phi) is 5.08. The van der Waals surface area contributed by atoms with E-state index in [0.717, 1.165) is 5.46 Å². The molecule has 2 unspecified atom stereocenters. The normalized spacial score (nSPS) is 29.1. The Balaban J connectivity index is 1.34. The van der Waals surface area contributed by atoms with Crippen molar-refractivity contribution in [1.82, 2.24) is 0 Å². The van der Waals surface area contributed by atoms with Gasteiger partial charge in [0.1, 0.15) is 0 Å². The second-order valence-corrected chi connectivity index (χ2v) is 13.0. The first-order chi connectivity index (χ1) is 16.3. The molecule has 1 saturated carbocycles. The maximum absolute atomic E-state index is 6.48. The minimum absolute atomic E-state index is 0.298. The fourth-order valence-electron chi connectivity index (χ4n) is 6.28. The maximum atomic E-state index is 6.48. The summed E-state index contributed by atoms with van der Waals surface area (Å²) in [6, 6.07) is 13.4. The highest BCUT2D eigenvalue weighted by Gasteiger charge is 2.54. The van der Waals surface area contributed by atoms with Gasteiger partial charge in [0.15, 0.2) is 0 Å². The van der Waals surface area contributed by atoms with E-state index in [1.165, 1.54) is 47.0 Å². The van der Waals surface area contributed by atoms with Gasteiger partial charge in [0.05, 0.1) is 22.4 Å². The van der Waals surface area contributed by atoms with Crippen LogP contribution in [0.5, 0.6) is 0 Å². The zero-order valence-electron chi connectivity index (χ0n) is 22.5. The molecule has 0 spiro atoms. The molecule has 2 heterocycles. The van der Waals surface area contributed by atoms with Crippen molar-refractivity contribution in [3.05, 3.63) is 47.5 Å². The summed E-state index contributed by atoms with van der Waals surface area (Å²) in [5.74, 6) is 1.25. The Morgan fingerprint density at radius 2 is 1.09 bits per heavy atom. The highest BCUT2D eigenvalue weighted by atomic mass is 16.7. The second-order valence-electron chi connectivity index (χ2n) is 13.0. The van der Waals surface area contributed by atoms with Crippen LogP contribution in [0, 0.1) is 0 Å². The van der Waals surface area contributed by atoms with Crippen LogP contribution in [0.1, 0.15) is 97.6 Å². The minimum atomic E-state index is -0.334. The zero-order valence-corrected chi connectivity index (χ0v) is 22.5. The molecule has 6 heteroatoms. The SMILES string of the molecule is CC1(C)OB(c2ccc(-c3ccc(B4OC(C)(C)C(C)(C)O4)c4c3C3CCC4C3)cc2)OC1(C)C. The summed E-state index contributed by atoms with van der Waals surface area (Å²) in [6.45, 7) is 16.9. The summed E-state index contributed by atoms with van der Waals surface area (Å²) in [4.78, 5) is 0. The van der Waals surface area contributed by atoms with Crippen molar-refractivity contribution in [1.29, 1.82) is 0 Å². The molecule has 0 aromatic heterocycles. The third-order valence-electron chi connectivity index (χ3n) is 9.82. The van der Waals surface area contributed by atoms with E-state index < -0.39 is 0 Å². The number of hydrogen-bond acceptors (Lipinski definition) is 4. The molecule has 0 amide bonds. The van der Waals surface area contributed by atoms with Crippen LogP contribution in [0.4, 0.5) is 0 Å². The van der Waals surface area contributed by atoms with E-state index >= 15 is 0 Å². The predicted molar refractivity (Wildman–Crippen MR) is 143 cm³/mol. The lowest BCUT2D eigenvalue weighted by Crippen LogP contribution is -2.41. The largest absolute Gasteiger partial charge is 0.495 e. The van der Waals surface area contributed by atoms with Gasteiger partial charge in [0.2, 0.25) is 0 Å². The lowest BCUT2D eigenvalue weighted by atomic mass is 9.70. The van der Waals surface area contributed by atoms with Crippen molar-refractivity contribution in [2.75, 3.05) is 0 Å². The molecular weight excluding hydrogens is 434 g/mol. The van der Waals surface area contributed by atoms with E-state index in [9.17, 15) is 0 Å². The van der Waals surface area contributed by atoms with Gasteiger partial charge in [0, 0.05) is 0 Å². The van der Waals surface area contributed by atoms with Crippen LogP contribution in [-0.2, 0) is 18.6 Å². The highest BCUT2D eigenvalue weighted by Crippen LogP contribution is 2.55. The summed E-state index contributed by atoms with van der Waals surface area (Å²) in [7, 11) is -0.630. The fourth-order valence-corrected chi connectivity index (χ4v) is 6.28. The molecule has 35 heavy (non-hydrogen) atoms. The number of hydrogen-bond donors (Lipinski definition) is 0. The molecule has 0 N–H and O–H groups in total. The van der Waals surface area contributed by atoms with Gasteiger partial charge in [-0.15, -0.1) is 0 Å². The lowest BCUT2D eigenvalue weighted by Gasteiger charge is -2.32. The van der Waals surface area contributed by atoms with Crippen LogP contribution in [0.15, 0.2) is 36.4 Å². The quantitative estimate of drug-likeness (QED) is 0.568. The summed E-state index contributed by atoms with van der Waals surface area (Å²) in [6.07, 6.45) is 3.81. The van der Waals surface area contributed by atoms with E-state index in [1.54, 1.807) is 0 Å². The molecule has 2 bridgehead atoms. The third-order valence-corrected chi connectivity index (χ3v) is 9.82. The third kappa shape index (κ3) is 3.51. The van der Waals surface area contributed by atoms with Crippen LogP contribution in [0.2, 0.25) is 0 Å². The van der Waals surface area contributed by atoms with Crippen LogP contribution in [0.3, 0.4) is 0 Å². The van der Waals surface area contributed by atoms with Crippen LogP contribution >= 0.6 is 0 Å². The number of rotatable bonds is 3. The molecule has 2 aromatic rings. The Morgan fingerprint density at radius 3 is 1.63 bits per heavy atom. The van der Waals surface area contributed by atoms with Crippen molar-refractivity contribution < 1.29 is 18.6 Å². The Bertz CT molecular complexity index is 1140. The van der Waals surface area contributed by atoms with Gasteiger partial charge < -0.3 is 18.6 Å². The fraction of sp³-hybridized carbons (Fsp3) is 0.586. The molecule has 4 nitrogen and oxygen atoms in total. The van der Waals surface area contributed by atoms with Gasteiger partial charge >= 0.3 is 14.2 Å². The molecule has 2 aliphatic heterocycles. The van der Waals surface area contributed by atoms with Crippen LogP contribution in [-0.4, -0.2) is 36.6 Å². The van der Waals surface area contributed by atoms with Gasteiger partial charge in [0.25, 0.3) is 0 Å². The van der Waals surface area contributed by atoms with Gasteiger partial charge in [-0.3, -0.25) is 0 Å². The molecule has 0 radical (unpaired) electrons. The Hall–Kier alpha value is -1.59. The summed E-state index contributed by atoms with van der Waals surface area (Å²) in [5, 5.41) is 0. The first-order valence-electron chi connectivity index (χ1n) is 13.3. The molecule has 4 aliphatic rings. The topological polar surface area (TPSA) is 36.9 Å². The maximum Gasteiger partial charge on any atom is 0.495 e. The molecule has 2 aliphatic carbocycles. The number of benzene rings is 2. The lowest BCUT2D eigenvalue weighted by molar-refractivity contribution is 0.00578. The van der Waals surface area contributed by atoms with Crippen molar-refractivity contribution in [3.63, 3.8) is 0 Å². The van der Waals surface area contributed by atoms with Gasteiger partial charge in [-0.2, -0.15) is 0 Å². The first kappa shape index (κ1) is 23.8. The van der Waals surface area contributed by atoms with Crippen LogP contribution < -0.4 is 10.9 Å². The van der Waals surface area contributed by atoms with Crippen molar-refractivity contribution >= 4 is 25.2 Å². The van der Waals surface area contributed by atoms with Gasteiger partial charge in [-0.25, -0.2) is 0 Å². The Morgan fingerprint density at radius 1 is 0.600 bits per heavy atom. The second kappa shape index (κ2) is 7.47. The van der Waals surface area contributed by atoms with E-state index in [0.29, 0.717) is 11.8 Å².